The molecule has 2 N–H and O–H groups in total. The van der Waals surface area contributed by atoms with Gasteiger partial charge in [0.15, 0.2) is 0 Å². The molecule has 0 bridgehead atoms. The molecule has 0 atom stereocenters. The van der Waals surface area contributed by atoms with Crippen molar-refractivity contribution in [2.75, 3.05) is 5.43 Å². The van der Waals surface area contributed by atoms with Crippen LogP contribution in [0.4, 0.5) is 5.69 Å². The molecule has 1 amide bonds. The number of hydrogen-bond donors (Lipinski definition) is 2. The Balaban J connectivity index is 2.77. The van der Waals surface area contributed by atoms with E-state index >= 15 is 0 Å². The lowest BCUT2D eigenvalue weighted by Crippen LogP contribution is -2.26. The van der Waals surface area contributed by atoms with Gasteiger partial charge in [-0.2, -0.15) is 0 Å². The van der Waals surface area contributed by atoms with Crippen molar-refractivity contribution in [2.45, 2.75) is 11.8 Å². The van der Waals surface area contributed by atoms with Gasteiger partial charge < -0.3 is 0 Å². The smallest absolute Gasteiger partial charge is 0.261 e. The summed E-state index contributed by atoms with van der Waals surface area (Å²) >= 11 is 0. The van der Waals surface area contributed by atoms with Crippen LogP contribution in [0, 0.1) is 0 Å². The largest absolute Gasteiger partial charge is 0.299 e. The second-order valence-electron chi connectivity index (χ2n) is 2.77. The van der Waals surface area contributed by atoms with Crippen molar-refractivity contribution >= 4 is 31.3 Å². The average molecular weight is 249 g/mol. The normalized spacial score (nSPS) is 10.8. The van der Waals surface area contributed by atoms with E-state index in [1.165, 1.54) is 31.2 Å². The Kier molecular flexibility index (Phi) is 3.54. The first kappa shape index (κ1) is 11.8. The lowest BCUT2D eigenvalue weighted by Gasteiger charge is -2.06. The van der Waals surface area contributed by atoms with E-state index in [2.05, 4.69) is 10.9 Å². The molecule has 0 aliphatic rings. The number of hydrogen-bond acceptors (Lipinski definition) is 4. The molecule has 0 spiro atoms. The predicted octanol–water partition coefficient (Wildman–Crippen LogP) is 1.08. The minimum atomic E-state index is -3.69. The zero-order valence-electron chi connectivity index (χ0n) is 7.82. The Morgan fingerprint density at radius 1 is 1.27 bits per heavy atom. The van der Waals surface area contributed by atoms with E-state index in [0.29, 0.717) is 5.69 Å². The maximum absolute atomic E-state index is 10.9. The van der Waals surface area contributed by atoms with Crippen molar-refractivity contribution in [2.24, 2.45) is 0 Å². The molecule has 0 unspecified atom stereocenters. The van der Waals surface area contributed by atoms with Crippen molar-refractivity contribution in [1.82, 2.24) is 5.43 Å². The van der Waals surface area contributed by atoms with Crippen molar-refractivity contribution in [1.29, 1.82) is 0 Å². The molecule has 1 aromatic carbocycles. The molecule has 7 heteroatoms. The van der Waals surface area contributed by atoms with Gasteiger partial charge in [0.1, 0.15) is 0 Å². The maximum atomic E-state index is 10.9. The molecule has 0 fully saturated rings. The molecule has 0 radical (unpaired) electrons. The van der Waals surface area contributed by atoms with Crippen LogP contribution in [0.2, 0.25) is 0 Å². The predicted molar refractivity (Wildman–Crippen MR) is 56.9 cm³/mol. The number of carbonyl (C=O) groups is 1. The summed E-state index contributed by atoms with van der Waals surface area (Å²) in [4.78, 5) is 10.6. The number of hydrazine groups is 1. The van der Waals surface area contributed by atoms with Crippen LogP contribution in [-0.4, -0.2) is 14.3 Å². The Bertz CT molecular complexity index is 455. The van der Waals surface area contributed by atoms with Crippen LogP contribution >= 0.6 is 10.7 Å². The van der Waals surface area contributed by atoms with Gasteiger partial charge >= 0.3 is 0 Å². The third-order valence-electron chi connectivity index (χ3n) is 1.52. The van der Waals surface area contributed by atoms with Gasteiger partial charge in [-0.3, -0.25) is 15.6 Å². The number of anilines is 1. The SMILES string of the molecule is CC(=O)NNc1ccc(S(=O)(=O)Cl)cc1. The number of amides is 1. The van der Waals surface area contributed by atoms with Gasteiger partial charge in [-0.15, -0.1) is 0 Å². The summed E-state index contributed by atoms with van der Waals surface area (Å²) in [5.74, 6) is -0.246. The highest BCUT2D eigenvalue weighted by Crippen LogP contribution is 2.16. The zero-order valence-corrected chi connectivity index (χ0v) is 9.39. The summed E-state index contributed by atoms with van der Waals surface area (Å²) < 4.78 is 21.8. The number of benzene rings is 1. The number of nitrogens with one attached hydrogen (secondary N) is 2. The Hall–Kier alpha value is -1.27. The molecule has 15 heavy (non-hydrogen) atoms. The van der Waals surface area contributed by atoms with Crippen LogP contribution in [0.15, 0.2) is 29.2 Å². The molecule has 0 aliphatic carbocycles. The van der Waals surface area contributed by atoms with Crippen molar-refractivity contribution in [3.05, 3.63) is 24.3 Å². The van der Waals surface area contributed by atoms with Crippen LogP contribution in [0.5, 0.6) is 0 Å². The first-order chi connectivity index (χ1) is 6.89. The molecule has 0 aromatic heterocycles. The van der Waals surface area contributed by atoms with Crippen molar-refractivity contribution < 1.29 is 13.2 Å². The highest BCUT2D eigenvalue weighted by atomic mass is 35.7. The number of rotatable bonds is 3. The summed E-state index contributed by atoms with van der Waals surface area (Å²) in [6.07, 6.45) is 0. The van der Waals surface area contributed by atoms with Crippen LogP contribution in [0.3, 0.4) is 0 Å². The van der Waals surface area contributed by atoms with E-state index < -0.39 is 9.05 Å². The molecular weight excluding hydrogens is 240 g/mol. The Labute approximate surface area is 91.8 Å². The lowest BCUT2D eigenvalue weighted by molar-refractivity contribution is -0.118. The third-order valence-corrected chi connectivity index (χ3v) is 2.89. The van der Waals surface area contributed by atoms with E-state index in [1.54, 1.807) is 0 Å². The highest BCUT2D eigenvalue weighted by Gasteiger charge is 2.08. The maximum Gasteiger partial charge on any atom is 0.261 e. The molecule has 0 heterocycles. The van der Waals surface area contributed by atoms with Gasteiger partial charge in [0.05, 0.1) is 10.6 Å². The second-order valence-corrected chi connectivity index (χ2v) is 5.33. The molecular formula is C8H9ClN2O3S. The fraction of sp³-hybridized carbons (Fsp3) is 0.125. The topological polar surface area (TPSA) is 75.3 Å². The minimum absolute atomic E-state index is 0.0116. The zero-order chi connectivity index (χ0) is 11.5. The first-order valence-corrected chi connectivity index (χ1v) is 6.28. The molecule has 5 nitrogen and oxygen atoms in total. The standard InChI is InChI=1S/C8H9ClN2O3S/c1-6(12)10-11-7-2-4-8(5-3-7)15(9,13)14/h2-5,11H,1H3,(H,10,12). The van der Waals surface area contributed by atoms with E-state index in [4.69, 9.17) is 10.7 Å². The fourth-order valence-corrected chi connectivity index (χ4v) is 1.63. The molecule has 1 rings (SSSR count). The Morgan fingerprint density at radius 2 is 1.80 bits per heavy atom. The van der Waals surface area contributed by atoms with Gasteiger partial charge in [-0.1, -0.05) is 0 Å². The van der Waals surface area contributed by atoms with Crippen LogP contribution in [-0.2, 0) is 13.8 Å². The lowest BCUT2D eigenvalue weighted by atomic mass is 10.3. The first-order valence-electron chi connectivity index (χ1n) is 3.97. The second kappa shape index (κ2) is 4.50. The van der Waals surface area contributed by atoms with Gasteiger partial charge in [-0.25, -0.2) is 8.42 Å². The fourth-order valence-electron chi connectivity index (χ4n) is 0.861. The van der Waals surface area contributed by atoms with Crippen LogP contribution in [0.25, 0.3) is 0 Å². The molecule has 1 aromatic rings. The molecule has 0 saturated carbocycles. The van der Waals surface area contributed by atoms with Gasteiger partial charge in [-0.05, 0) is 24.3 Å². The summed E-state index contributed by atoms with van der Waals surface area (Å²) in [5.41, 5.74) is 5.50. The summed E-state index contributed by atoms with van der Waals surface area (Å²) in [6, 6.07) is 5.66. The van der Waals surface area contributed by atoms with E-state index in [0.717, 1.165) is 0 Å². The van der Waals surface area contributed by atoms with Crippen LogP contribution in [0.1, 0.15) is 6.92 Å². The quantitative estimate of drug-likeness (QED) is 0.620. The summed E-state index contributed by atoms with van der Waals surface area (Å²) in [6.45, 7) is 1.35. The van der Waals surface area contributed by atoms with E-state index in [9.17, 15) is 13.2 Å². The minimum Gasteiger partial charge on any atom is -0.299 e. The van der Waals surface area contributed by atoms with E-state index in [-0.39, 0.29) is 10.8 Å². The number of halogens is 1. The Morgan fingerprint density at radius 3 is 2.20 bits per heavy atom. The van der Waals surface area contributed by atoms with Crippen molar-refractivity contribution in [3.8, 4) is 0 Å². The number of carbonyl (C=O) groups excluding carboxylic acids is 1. The highest BCUT2D eigenvalue weighted by molar-refractivity contribution is 8.13. The van der Waals surface area contributed by atoms with Crippen LogP contribution < -0.4 is 10.9 Å². The molecule has 0 saturated heterocycles. The third kappa shape index (κ3) is 3.77. The molecule has 82 valence electrons. The molecule has 0 aliphatic heterocycles. The summed E-state index contributed by atoms with van der Waals surface area (Å²) in [7, 11) is 1.43. The van der Waals surface area contributed by atoms with E-state index in [1.807, 2.05) is 0 Å². The summed E-state index contributed by atoms with van der Waals surface area (Å²) in [5, 5.41) is 0. The van der Waals surface area contributed by atoms with Gasteiger partial charge in [0, 0.05) is 17.6 Å². The average Bonchev–Trinajstić information content (AvgIpc) is 2.14. The monoisotopic (exact) mass is 248 g/mol. The van der Waals surface area contributed by atoms with Gasteiger partial charge in [0.2, 0.25) is 5.91 Å². The van der Waals surface area contributed by atoms with Crippen molar-refractivity contribution in [3.63, 3.8) is 0 Å². The van der Waals surface area contributed by atoms with Gasteiger partial charge in [0.25, 0.3) is 9.05 Å².